The third kappa shape index (κ3) is 3.91. The number of rotatable bonds is 3. The summed E-state index contributed by atoms with van der Waals surface area (Å²) in [6.07, 6.45) is 0.688. The Morgan fingerprint density at radius 1 is 1.30 bits per heavy atom. The van der Waals surface area contributed by atoms with Crippen molar-refractivity contribution in [3.8, 4) is 0 Å². The maximum absolute atomic E-state index is 14.0. The monoisotopic (exact) mass is 296 g/mol. The van der Waals surface area contributed by atoms with Gasteiger partial charge in [0.2, 0.25) is 0 Å². The molecule has 0 saturated carbocycles. The number of pyridine rings is 1. The third-order valence-corrected chi connectivity index (χ3v) is 2.92. The van der Waals surface area contributed by atoms with Crippen LogP contribution in [-0.2, 0) is 0 Å². The normalized spacial score (nSPS) is 13.1. The lowest BCUT2D eigenvalue weighted by Crippen LogP contribution is -2.38. The number of aromatic nitrogens is 1. The van der Waals surface area contributed by atoms with Gasteiger partial charge in [0.15, 0.2) is 0 Å². The number of nitrogens with one attached hydrogen (secondary N) is 1. The van der Waals surface area contributed by atoms with Gasteiger partial charge in [0.1, 0.15) is 5.82 Å². The minimum atomic E-state index is -0.919. The Kier molecular flexibility index (Phi) is 5.50. The number of nitrogens with zero attached hydrogens (tertiary/aromatic N) is 1. The van der Waals surface area contributed by atoms with E-state index < -0.39 is 11.9 Å². The highest BCUT2D eigenvalue weighted by atomic mass is 32.1. The van der Waals surface area contributed by atoms with Crippen molar-refractivity contribution in [2.75, 3.05) is 6.54 Å². The summed E-state index contributed by atoms with van der Waals surface area (Å²) in [5, 5.41) is 14.2. The van der Waals surface area contributed by atoms with Gasteiger partial charge < -0.3 is 10.4 Å². The standard InChI is InChI=1S/C15H19FN2O.H2S/c1-15(2,3)18-9-12(19)13-11(16)7-6-10-5-4-8-17-14(10)13;/h4-8,12,18-19H,9H2,1-3H3;1H2/t12-;/m1./s1. The third-order valence-electron chi connectivity index (χ3n) is 2.92. The molecule has 2 N–H and O–H groups in total. The van der Waals surface area contributed by atoms with Crippen LogP contribution in [0.2, 0.25) is 0 Å². The van der Waals surface area contributed by atoms with E-state index in [1.54, 1.807) is 18.3 Å². The minimum Gasteiger partial charge on any atom is -0.387 e. The number of halogens is 1. The van der Waals surface area contributed by atoms with Crippen LogP contribution in [0.3, 0.4) is 0 Å². The van der Waals surface area contributed by atoms with E-state index in [-0.39, 0.29) is 31.1 Å². The van der Waals surface area contributed by atoms with E-state index in [1.165, 1.54) is 6.07 Å². The molecule has 1 heterocycles. The maximum Gasteiger partial charge on any atom is 0.131 e. The summed E-state index contributed by atoms with van der Waals surface area (Å²) >= 11 is 0. The number of hydrogen-bond acceptors (Lipinski definition) is 3. The molecule has 0 spiro atoms. The lowest BCUT2D eigenvalue weighted by atomic mass is 10.0. The molecule has 0 amide bonds. The highest BCUT2D eigenvalue weighted by Gasteiger charge is 2.19. The molecule has 0 aliphatic rings. The minimum absolute atomic E-state index is 0. The summed E-state index contributed by atoms with van der Waals surface area (Å²) < 4.78 is 14.0. The number of hydrogen-bond donors (Lipinski definition) is 2. The predicted octanol–water partition coefficient (Wildman–Crippen LogP) is 2.91. The molecule has 1 atom stereocenters. The molecular formula is C15H21FN2OS. The van der Waals surface area contributed by atoms with Crippen molar-refractivity contribution < 1.29 is 9.50 Å². The Hall–Kier alpha value is -1.17. The van der Waals surface area contributed by atoms with E-state index in [1.807, 2.05) is 26.8 Å². The summed E-state index contributed by atoms with van der Waals surface area (Å²) in [4.78, 5) is 4.18. The lowest BCUT2D eigenvalue weighted by molar-refractivity contribution is 0.160. The van der Waals surface area contributed by atoms with Crippen LogP contribution in [0.5, 0.6) is 0 Å². The van der Waals surface area contributed by atoms with Gasteiger partial charge >= 0.3 is 0 Å². The van der Waals surface area contributed by atoms with Gasteiger partial charge in [-0.1, -0.05) is 6.07 Å². The molecule has 2 rings (SSSR count). The molecule has 0 aliphatic heterocycles. The second-order valence-corrected chi connectivity index (χ2v) is 5.68. The van der Waals surface area contributed by atoms with E-state index in [0.29, 0.717) is 5.52 Å². The van der Waals surface area contributed by atoms with Crippen LogP contribution in [-0.4, -0.2) is 22.2 Å². The van der Waals surface area contributed by atoms with Crippen LogP contribution >= 0.6 is 13.5 Å². The summed E-state index contributed by atoms with van der Waals surface area (Å²) in [5.41, 5.74) is 0.649. The highest BCUT2D eigenvalue weighted by molar-refractivity contribution is 7.59. The van der Waals surface area contributed by atoms with Gasteiger partial charge in [-0.3, -0.25) is 4.98 Å². The Morgan fingerprint density at radius 3 is 2.65 bits per heavy atom. The van der Waals surface area contributed by atoms with Gasteiger partial charge in [-0.05, 0) is 39.0 Å². The number of β-amino-alcohol motifs (C(OH)–C–C–N with tert-alkyl or cyclic N) is 1. The van der Waals surface area contributed by atoms with Crippen molar-refractivity contribution in [1.82, 2.24) is 10.3 Å². The molecule has 0 unspecified atom stereocenters. The average molecular weight is 296 g/mol. The van der Waals surface area contributed by atoms with Gasteiger partial charge in [-0.25, -0.2) is 4.39 Å². The Labute approximate surface area is 125 Å². The Morgan fingerprint density at radius 2 is 2.00 bits per heavy atom. The number of aliphatic hydroxyl groups excluding tert-OH is 1. The second-order valence-electron chi connectivity index (χ2n) is 5.68. The summed E-state index contributed by atoms with van der Waals surface area (Å²) in [6.45, 7) is 6.28. The molecule has 0 saturated heterocycles. The van der Waals surface area contributed by atoms with Crippen molar-refractivity contribution in [1.29, 1.82) is 0 Å². The zero-order chi connectivity index (χ0) is 14.0. The van der Waals surface area contributed by atoms with Gasteiger partial charge in [0, 0.05) is 29.2 Å². The lowest BCUT2D eigenvalue weighted by Gasteiger charge is -2.23. The molecule has 5 heteroatoms. The average Bonchev–Trinajstić information content (AvgIpc) is 2.35. The first-order valence-corrected chi connectivity index (χ1v) is 6.35. The fourth-order valence-corrected chi connectivity index (χ4v) is 1.97. The number of benzene rings is 1. The molecule has 2 aromatic rings. The van der Waals surface area contributed by atoms with Crippen LogP contribution in [0.1, 0.15) is 32.4 Å². The summed E-state index contributed by atoms with van der Waals surface area (Å²) in [6, 6.07) is 6.70. The molecule has 1 aromatic carbocycles. The highest BCUT2D eigenvalue weighted by Crippen LogP contribution is 2.25. The smallest absolute Gasteiger partial charge is 0.131 e. The van der Waals surface area contributed by atoms with Crippen LogP contribution < -0.4 is 5.32 Å². The van der Waals surface area contributed by atoms with Crippen molar-refractivity contribution in [2.45, 2.75) is 32.4 Å². The fraction of sp³-hybridized carbons (Fsp3) is 0.400. The number of aliphatic hydroxyl groups is 1. The van der Waals surface area contributed by atoms with Gasteiger partial charge in [0.05, 0.1) is 11.6 Å². The van der Waals surface area contributed by atoms with E-state index >= 15 is 0 Å². The van der Waals surface area contributed by atoms with Crippen molar-refractivity contribution >= 4 is 24.4 Å². The van der Waals surface area contributed by atoms with Crippen LogP contribution in [0.15, 0.2) is 30.5 Å². The first-order valence-electron chi connectivity index (χ1n) is 6.35. The van der Waals surface area contributed by atoms with Crippen LogP contribution in [0.4, 0.5) is 4.39 Å². The quantitative estimate of drug-likeness (QED) is 0.915. The van der Waals surface area contributed by atoms with Gasteiger partial charge in [0.25, 0.3) is 0 Å². The van der Waals surface area contributed by atoms with Gasteiger partial charge in [-0.2, -0.15) is 13.5 Å². The zero-order valence-electron chi connectivity index (χ0n) is 11.9. The topological polar surface area (TPSA) is 45.1 Å². The van der Waals surface area contributed by atoms with Crippen molar-refractivity contribution in [3.05, 3.63) is 41.8 Å². The molecule has 3 nitrogen and oxygen atoms in total. The first kappa shape index (κ1) is 16.9. The van der Waals surface area contributed by atoms with E-state index in [2.05, 4.69) is 10.3 Å². The molecule has 1 aromatic heterocycles. The van der Waals surface area contributed by atoms with E-state index in [9.17, 15) is 9.50 Å². The van der Waals surface area contributed by atoms with E-state index in [4.69, 9.17) is 0 Å². The molecule has 0 fully saturated rings. The van der Waals surface area contributed by atoms with Crippen LogP contribution in [0.25, 0.3) is 10.9 Å². The van der Waals surface area contributed by atoms with Crippen LogP contribution in [0, 0.1) is 5.82 Å². The Balaban J connectivity index is 0.00000200. The fourth-order valence-electron chi connectivity index (χ4n) is 1.97. The molecule has 0 radical (unpaired) electrons. The molecule has 0 aliphatic carbocycles. The molecule has 20 heavy (non-hydrogen) atoms. The predicted molar refractivity (Wildman–Crippen MR) is 84.8 cm³/mol. The first-order chi connectivity index (χ1) is 8.88. The summed E-state index contributed by atoms with van der Waals surface area (Å²) in [7, 11) is 0. The van der Waals surface area contributed by atoms with E-state index in [0.717, 1.165) is 5.39 Å². The van der Waals surface area contributed by atoms with Crippen molar-refractivity contribution in [2.24, 2.45) is 0 Å². The largest absolute Gasteiger partial charge is 0.387 e. The number of fused-ring (bicyclic) bond motifs is 1. The zero-order valence-corrected chi connectivity index (χ0v) is 12.9. The molecular weight excluding hydrogens is 275 g/mol. The van der Waals surface area contributed by atoms with Gasteiger partial charge in [-0.15, -0.1) is 0 Å². The molecule has 0 bridgehead atoms. The SMILES string of the molecule is CC(C)(C)NC[C@@H](O)c1c(F)ccc2cccnc12.S. The summed E-state index contributed by atoms with van der Waals surface area (Å²) in [5.74, 6) is -0.422. The Bertz CT molecular complexity index is 584. The molecule has 110 valence electrons. The maximum atomic E-state index is 14.0. The second kappa shape index (κ2) is 6.52. The van der Waals surface area contributed by atoms with Crippen molar-refractivity contribution in [3.63, 3.8) is 0 Å².